The van der Waals surface area contributed by atoms with E-state index in [9.17, 15) is 18.0 Å². The molecular weight excluding hydrogens is 554 g/mol. The first kappa shape index (κ1) is 28.4. The molecule has 37 heavy (non-hydrogen) atoms. The second kappa shape index (κ2) is 12.4. The standard InChI is InChI=1S/C28H32BrN3O4S/c1-20(2)30-28(34)22(4)31(18-23-13-15-24(29)16-14-23)27(33)19-32(25-10-8-9-21(3)17-25)37(35,36)26-11-6-5-7-12-26/h5-17,20,22H,18-19H2,1-4H3,(H,30,34)/t22-/m0/s1. The van der Waals surface area contributed by atoms with Crippen LogP contribution in [0.3, 0.4) is 0 Å². The number of amides is 2. The van der Waals surface area contributed by atoms with Crippen LogP contribution in [0.4, 0.5) is 5.69 Å². The van der Waals surface area contributed by atoms with Gasteiger partial charge in [-0.25, -0.2) is 8.42 Å². The third kappa shape index (κ3) is 7.42. The maximum absolute atomic E-state index is 13.8. The summed E-state index contributed by atoms with van der Waals surface area (Å²) in [5, 5.41) is 2.85. The number of hydrogen-bond acceptors (Lipinski definition) is 4. The molecule has 1 atom stereocenters. The van der Waals surface area contributed by atoms with Gasteiger partial charge in [-0.2, -0.15) is 0 Å². The lowest BCUT2D eigenvalue weighted by Gasteiger charge is -2.32. The second-order valence-electron chi connectivity index (χ2n) is 9.15. The monoisotopic (exact) mass is 585 g/mol. The van der Waals surface area contributed by atoms with Gasteiger partial charge in [0.05, 0.1) is 10.6 Å². The zero-order chi connectivity index (χ0) is 27.2. The first-order valence-electron chi connectivity index (χ1n) is 12.0. The fraction of sp³-hybridized carbons (Fsp3) is 0.286. The molecule has 3 aromatic carbocycles. The molecule has 1 N–H and O–H groups in total. The smallest absolute Gasteiger partial charge is 0.264 e. The molecule has 0 radical (unpaired) electrons. The van der Waals surface area contributed by atoms with Gasteiger partial charge in [-0.15, -0.1) is 0 Å². The van der Waals surface area contributed by atoms with Gasteiger partial charge in [-0.1, -0.05) is 58.4 Å². The van der Waals surface area contributed by atoms with E-state index >= 15 is 0 Å². The Hall–Kier alpha value is -3.17. The minimum atomic E-state index is -4.06. The molecule has 196 valence electrons. The van der Waals surface area contributed by atoms with Gasteiger partial charge < -0.3 is 10.2 Å². The van der Waals surface area contributed by atoms with Crippen molar-refractivity contribution in [2.45, 2.75) is 51.2 Å². The molecule has 0 saturated heterocycles. The summed E-state index contributed by atoms with van der Waals surface area (Å²) >= 11 is 3.41. The average molecular weight is 587 g/mol. The normalized spacial score (nSPS) is 12.2. The van der Waals surface area contributed by atoms with Crippen LogP contribution >= 0.6 is 15.9 Å². The van der Waals surface area contributed by atoms with E-state index in [-0.39, 0.29) is 23.4 Å². The molecule has 2 amide bonds. The Morgan fingerprint density at radius 3 is 2.16 bits per heavy atom. The molecule has 0 aliphatic heterocycles. The molecule has 7 nitrogen and oxygen atoms in total. The van der Waals surface area contributed by atoms with Crippen molar-refractivity contribution in [2.24, 2.45) is 0 Å². The van der Waals surface area contributed by atoms with Crippen LogP contribution in [0.1, 0.15) is 31.9 Å². The van der Waals surface area contributed by atoms with Crippen LogP contribution in [0.15, 0.2) is 88.2 Å². The minimum absolute atomic E-state index is 0.0781. The third-order valence-electron chi connectivity index (χ3n) is 5.76. The lowest BCUT2D eigenvalue weighted by Crippen LogP contribution is -2.52. The van der Waals surface area contributed by atoms with Crippen molar-refractivity contribution >= 4 is 43.5 Å². The van der Waals surface area contributed by atoms with E-state index in [1.807, 2.05) is 51.1 Å². The maximum Gasteiger partial charge on any atom is 0.264 e. The molecule has 3 rings (SSSR count). The average Bonchev–Trinajstić information content (AvgIpc) is 2.86. The van der Waals surface area contributed by atoms with Gasteiger partial charge in [0.1, 0.15) is 12.6 Å². The van der Waals surface area contributed by atoms with E-state index < -0.39 is 28.5 Å². The lowest BCUT2D eigenvalue weighted by atomic mass is 10.1. The largest absolute Gasteiger partial charge is 0.352 e. The Bertz CT molecular complexity index is 1330. The van der Waals surface area contributed by atoms with E-state index in [1.165, 1.54) is 17.0 Å². The predicted molar refractivity (Wildman–Crippen MR) is 150 cm³/mol. The molecule has 0 unspecified atom stereocenters. The summed E-state index contributed by atoms with van der Waals surface area (Å²) in [6.07, 6.45) is 0. The van der Waals surface area contributed by atoms with E-state index in [1.54, 1.807) is 43.3 Å². The Morgan fingerprint density at radius 2 is 1.57 bits per heavy atom. The number of nitrogens with one attached hydrogen (secondary N) is 1. The molecule has 0 aromatic heterocycles. The maximum atomic E-state index is 13.8. The zero-order valence-corrected chi connectivity index (χ0v) is 23.8. The molecule has 0 spiro atoms. The molecular formula is C28H32BrN3O4S. The number of benzene rings is 3. The number of carbonyl (C=O) groups is 2. The Balaban J connectivity index is 2.01. The quantitative estimate of drug-likeness (QED) is 0.367. The Kier molecular flexibility index (Phi) is 9.50. The van der Waals surface area contributed by atoms with Gasteiger partial charge in [0, 0.05) is 17.1 Å². The third-order valence-corrected chi connectivity index (χ3v) is 8.08. The van der Waals surface area contributed by atoms with Crippen molar-refractivity contribution in [1.29, 1.82) is 0 Å². The number of carbonyl (C=O) groups excluding carboxylic acids is 2. The van der Waals surface area contributed by atoms with Gasteiger partial charge in [-0.05, 0) is 75.2 Å². The summed E-state index contributed by atoms with van der Waals surface area (Å²) in [6, 6.07) is 21.5. The first-order valence-corrected chi connectivity index (χ1v) is 14.2. The van der Waals surface area contributed by atoms with Gasteiger partial charge in [0.15, 0.2) is 0 Å². The summed E-state index contributed by atoms with van der Waals surface area (Å²) in [5.41, 5.74) is 2.04. The second-order valence-corrected chi connectivity index (χ2v) is 11.9. The van der Waals surface area contributed by atoms with Gasteiger partial charge in [0.25, 0.3) is 10.0 Å². The van der Waals surface area contributed by atoms with Crippen molar-refractivity contribution in [3.63, 3.8) is 0 Å². The van der Waals surface area contributed by atoms with Gasteiger partial charge in [0.2, 0.25) is 11.8 Å². The van der Waals surface area contributed by atoms with E-state index in [0.29, 0.717) is 5.69 Å². The van der Waals surface area contributed by atoms with Crippen LogP contribution < -0.4 is 9.62 Å². The van der Waals surface area contributed by atoms with Crippen molar-refractivity contribution in [1.82, 2.24) is 10.2 Å². The number of hydrogen-bond donors (Lipinski definition) is 1. The fourth-order valence-corrected chi connectivity index (χ4v) is 5.50. The van der Waals surface area contributed by atoms with Crippen molar-refractivity contribution in [3.8, 4) is 0 Å². The van der Waals surface area contributed by atoms with Crippen LogP contribution in [0.5, 0.6) is 0 Å². The Morgan fingerprint density at radius 1 is 0.919 bits per heavy atom. The van der Waals surface area contributed by atoms with Crippen LogP contribution in [-0.4, -0.2) is 43.8 Å². The zero-order valence-electron chi connectivity index (χ0n) is 21.4. The molecule has 9 heteroatoms. The highest BCUT2D eigenvalue weighted by Crippen LogP contribution is 2.25. The molecule has 0 aliphatic carbocycles. The number of aryl methyl sites for hydroxylation is 1. The van der Waals surface area contributed by atoms with Gasteiger partial charge >= 0.3 is 0 Å². The van der Waals surface area contributed by atoms with Crippen molar-refractivity contribution in [2.75, 3.05) is 10.8 Å². The van der Waals surface area contributed by atoms with E-state index in [0.717, 1.165) is 19.9 Å². The minimum Gasteiger partial charge on any atom is -0.352 e. The van der Waals surface area contributed by atoms with E-state index in [2.05, 4.69) is 21.2 Å². The first-order chi connectivity index (χ1) is 17.5. The number of nitrogens with zero attached hydrogens (tertiary/aromatic N) is 2. The molecule has 0 saturated carbocycles. The Labute approximate surface area is 227 Å². The highest BCUT2D eigenvalue weighted by Gasteiger charge is 2.32. The van der Waals surface area contributed by atoms with Crippen LogP contribution in [0.25, 0.3) is 0 Å². The van der Waals surface area contributed by atoms with Crippen LogP contribution in [0, 0.1) is 6.92 Å². The topological polar surface area (TPSA) is 86.8 Å². The summed E-state index contributed by atoms with van der Waals surface area (Å²) in [7, 11) is -4.06. The highest BCUT2D eigenvalue weighted by atomic mass is 79.9. The molecule has 0 bridgehead atoms. The highest BCUT2D eigenvalue weighted by molar-refractivity contribution is 9.10. The van der Waals surface area contributed by atoms with E-state index in [4.69, 9.17) is 0 Å². The van der Waals surface area contributed by atoms with Crippen molar-refractivity contribution in [3.05, 3.63) is 94.5 Å². The summed E-state index contributed by atoms with van der Waals surface area (Å²) < 4.78 is 29.4. The van der Waals surface area contributed by atoms with Crippen molar-refractivity contribution < 1.29 is 18.0 Å². The number of halogens is 1. The molecule has 0 fully saturated rings. The fourth-order valence-electron chi connectivity index (χ4n) is 3.81. The summed E-state index contributed by atoms with van der Waals surface area (Å²) in [5.74, 6) is -0.802. The lowest BCUT2D eigenvalue weighted by molar-refractivity contribution is -0.139. The van der Waals surface area contributed by atoms with Crippen LogP contribution in [-0.2, 0) is 26.2 Å². The summed E-state index contributed by atoms with van der Waals surface area (Å²) in [4.78, 5) is 28.2. The van der Waals surface area contributed by atoms with Gasteiger partial charge in [-0.3, -0.25) is 13.9 Å². The molecule has 3 aromatic rings. The number of anilines is 1. The summed E-state index contributed by atoms with van der Waals surface area (Å²) in [6.45, 7) is 6.88. The molecule has 0 aliphatic rings. The SMILES string of the molecule is Cc1cccc(N(CC(=O)N(Cc2ccc(Br)cc2)[C@@H](C)C(=O)NC(C)C)S(=O)(=O)c2ccccc2)c1. The van der Waals surface area contributed by atoms with Crippen LogP contribution in [0.2, 0.25) is 0 Å². The predicted octanol–water partition coefficient (Wildman–Crippen LogP) is 4.89. The number of sulfonamides is 1. The number of rotatable bonds is 10. The molecule has 0 heterocycles.